The molecule has 5 amide bonds. The number of rotatable bonds is 6. The van der Waals surface area contributed by atoms with Gasteiger partial charge in [-0.2, -0.15) is 0 Å². The molecule has 10 nitrogen and oxygen atoms in total. The molecule has 3 atom stereocenters. The van der Waals surface area contributed by atoms with Crippen molar-refractivity contribution in [3.8, 4) is 0 Å². The van der Waals surface area contributed by atoms with E-state index in [-0.39, 0.29) is 36.5 Å². The maximum Gasteiger partial charge on any atom is 0.243 e. The number of amides is 5. The molecule has 2 rings (SSSR count). The van der Waals surface area contributed by atoms with Crippen LogP contribution in [0.3, 0.4) is 0 Å². The third-order valence-corrected chi connectivity index (χ3v) is 6.96. The summed E-state index contributed by atoms with van der Waals surface area (Å²) in [7, 11) is 0. The Kier molecular flexibility index (Phi) is 13.6. The van der Waals surface area contributed by atoms with Gasteiger partial charge in [0, 0.05) is 38.9 Å². The van der Waals surface area contributed by atoms with E-state index in [2.05, 4.69) is 35.1 Å². The maximum atomic E-state index is 13.2. The minimum absolute atomic E-state index is 0.0254. The Morgan fingerprint density at radius 2 is 1.57 bits per heavy atom. The fraction of sp³-hybridized carbons (Fsp3) is 0.633. The van der Waals surface area contributed by atoms with E-state index in [1.54, 1.807) is 11.8 Å². The lowest BCUT2D eigenvalue weighted by Crippen LogP contribution is -2.57. The van der Waals surface area contributed by atoms with Crippen LogP contribution in [0.25, 0.3) is 0 Å². The van der Waals surface area contributed by atoms with Crippen molar-refractivity contribution < 1.29 is 24.0 Å². The van der Waals surface area contributed by atoms with Gasteiger partial charge < -0.3 is 26.2 Å². The average molecular weight is 558 g/mol. The summed E-state index contributed by atoms with van der Waals surface area (Å²) >= 11 is 0. The van der Waals surface area contributed by atoms with Crippen molar-refractivity contribution >= 4 is 29.5 Å². The number of carbonyl (C=O) groups excluding carboxylic acids is 5. The highest BCUT2D eigenvalue weighted by molar-refractivity contribution is 5.94. The van der Waals surface area contributed by atoms with Crippen molar-refractivity contribution in [3.05, 3.63) is 35.9 Å². The molecule has 0 spiro atoms. The number of nitrogens with zero attached hydrogens (tertiary/aromatic N) is 1. The lowest BCUT2D eigenvalue weighted by Gasteiger charge is -2.27. The fourth-order valence-corrected chi connectivity index (χ4v) is 4.47. The quantitative estimate of drug-likeness (QED) is 0.424. The van der Waals surface area contributed by atoms with E-state index in [0.29, 0.717) is 44.8 Å². The molecule has 0 unspecified atom stereocenters. The van der Waals surface area contributed by atoms with E-state index in [1.807, 2.05) is 44.2 Å². The zero-order valence-corrected chi connectivity index (χ0v) is 24.6. The van der Waals surface area contributed by atoms with Gasteiger partial charge in [-0.05, 0) is 43.6 Å². The van der Waals surface area contributed by atoms with Gasteiger partial charge in [0.25, 0.3) is 0 Å². The van der Waals surface area contributed by atoms with Crippen molar-refractivity contribution in [2.75, 3.05) is 19.6 Å². The van der Waals surface area contributed by atoms with Gasteiger partial charge in [0.15, 0.2) is 0 Å². The van der Waals surface area contributed by atoms with Crippen molar-refractivity contribution in [2.24, 2.45) is 11.8 Å². The smallest absolute Gasteiger partial charge is 0.243 e. The third-order valence-electron chi connectivity index (χ3n) is 6.96. The molecule has 222 valence electrons. The Labute approximate surface area is 238 Å². The highest BCUT2D eigenvalue weighted by atomic mass is 16.2. The minimum atomic E-state index is -0.916. The molecule has 40 heavy (non-hydrogen) atoms. The highest BCUT2D eigenvalue weighted by Gasteiger charge is 2.29. The molecule has 1 heterocycles. The molecule has 10 heteroatoms. The lowest BCUT2D eigenvalue weighted by atomic mass is 10.0. The molecule has 1 aliphatic heterocycles. The van der Waals surface area contributed by atoms with Gasteiger partial charge in [0.1, 0.15) is 18.1 Å². The second kappa shape index (κ2) is 16.6. The molecular weight excluding hydrogens is 510 g/mol. The Morgan fingerprint density at radius 1 is 0.900 bits per heavy atom. The summed E-state index contributed by atoms with van der Waals surface area (Å²) in [6.45, 7) is 10.6. The number of nitrogens with one attached hydrogen (secondary N) is 4. The van der Waals surface area contributed by atoms with Crippen LogP contribution in [-0.4, -0.2) is 72.2 Å². The van der Waals surface area contributed by atoms with Crippen molar-refractivity contribution in [1.29, 1.82) is 0 Å². The van der Waals surface area contributed by atoms with Crippen molar-refractivity contribution in [3.63, 3.8) is 0 Å². The average Bonchev–Trinajstić information content (AvgIpc) is 2.90. The topological polar surface area (TPSA) is 137 Å². The van der Waals surface area contributed by atoms with Crippen LogP contribution >= 0.6 is 0 Å². The van der Waals surface area contributed by atoms with Crippen LogP contribution in [0.2, 0.25) is 0 Å². The van der Waals surface area contributed by atoms with Gasteiger partial charge >= 0.3 is 0 Å². The lowest BCUT2D eigenvalue weighted by molar-refractivity contribution is -0.134. The monoisotopic (exact) mass is 557 g/mol. The van der Waals surface area contributed by atoms with E-state index in [4.69, 9.17) is 0 Å². The van der Waals surface area contributed by atoms with Gasteiger partial charge in [-0.15, -0.1) is 0 Å². The molecule has 0 saturated carbocycles. The SMILES string of the molecule is CC(C)CCC(=O)N1CCCNC(=O)[C@@H](C(C)C)NC(=O)[C@@H](C)NC(=O)[C@H](Cc2ccccc2)NC(=O)CCC1. The second-order valence-corrected chi connectivity index (χ2v) is 11.3. The van der Waals surface area contributed by atoms with Crippen LogP contribution in [0, 0.1) is 11.8 Å². The first-order valence-electron chi connectivity index (χ1n) is 14.5. The van der Waals surface area contributed by atoms with Gasteiger partial charge in [-0.3, -0.25) is 24.0 Å². The summed E-state index contributed by atoms with van der Waals surface area (Å²) in [5.41, 5.74) is 0.862. The maximum absolute atomic E-state index is 13.2. The summed E-state index contributed by atoms with van der Waals surface area (Å²) in [6.07, 6.45) is 2.60. The van der Waals surface area contributed by atoms with E-state index >= 15 is 0 Å². The van der Waals surface area contributed by atoms with E-state index in [9.17, 15) is 24.0 Å². The summed E-state index contributed by atoms with van der Waals surface area (Å²) in [6, 6.07) is 6.73. The van der Waals surface area contributed by atoms with Crippen LogP contribution in [0.4, 0.5) is 0 Å². The molecule has 4 N–H and O–H groups in total. The van der Waals surface area contributed by atoms with E-state index in [0.717, 1.165) is 12.0 Å². The number of hydrogen-bond acceptors (Lipinski definition) is 5. The normalized spacial score (nSPS) is 22.6. The Hall–Kier alpha value is -3.43. The molecule has 1 aromatic carbocycles. The molecule has 0 aromatic heterocycles. The zero-order chi connectivity index (χ0) is 29.7. The standard InChI is InChI=1S/C30H47N5O5/c1-20(2)14-15-26(37)35-17-9-13-25(36)33-24(19-23-11-7-6-8-12-23)29(39)32-22(5)28(38)34-27(21(3)4)30(40)31-16-10-18-35/h6-8,11-12,20-22,24,27H,9-10,13-19H2,1-5H3,(H,31,40)(H,32,39)(H,33,36)(H,34,38)/t22-,24+,27-/m1/s1. The predicted molar refractivity (Wildman–Crippen MR) is 154 cm³/mol. The van der Waals surface area contributed by atoms with Gasteiger partial charge in [0.05, 0.1) is 0 Å². The summed E-state index contributed by atoms with van der Waals surface area (Å²) in [5.74, 6) is -1.35. The number of benzene rings is 1. The molecule has 1 aromatic rings. The molecule has 0 bridgehead atoms. The molecule has 1 fully saturated rings. The molecular formula is C30H47N5O5. The van der Waals surface area contributed by atoms with Crippen LogP contribution in [0.5, 0.6) is 0 Å². The first-order valence-corrected chi connectivity index (χ1v) is 14.5. The van der Waals surface area contributed by atoms with Crippen LogP contribution in [0.1, 0.15) is 72.3 Å². The molecule has 0 aliphatic carbocycles. The largest absolute Gasteiger partial charge is 0.354 e. The predicted octanol–water partition coefficient (Wildman–Crippen LogP) is 1.92. The molecule has 1 saturated heterocycles. The third kappa shape index (κ3) is 11.4. The Bertz CT molecular complexity index is 997. The second-order valence-electron chi connectivity index (χ2n) is 11.3. The summed E-state index contributed by atoms with van der Waals surface area (Å²) < 4.78 is 0. The van der Waals surface area contributed by atoms with E-state index < -0.39 is 29.9 Å². The van der Waals surface area contributed by atoms with Crippen LogP contribution in [-0.2, 0) is 30.4 Å². The van der Waals surface area contributed by atoms with Gasteiger partial charge in [-0.25, -0.2) is 0 Å². The Balaban J connectivity index is 2.24. The zero-order valence-electron chi connectivity index (χ0n) is 24.6. The molecule has 1 aliphatic rings. The summed E-state index contributed by atoms with van der Waals surface area (Å²) in [4.78, 5) is 66.6. The van der Waals surface area contributed by atoms with Crippen molar-refractivity contribution in [1.82, 2.24) is 26.2 Å². The van der Waals surface area contributed by atoms with Crippen molar-refractivity contribution in [2.45, 2.75) is 91.3 Å². The fourth-order valence-electron chi connectivity index (χ4n) is 4.47. The number of carbonyl (C=O) groups is 5. The summed E-state index contributed by atoms with van der Waals surface area (Å²) in [5, 5.41) is 11.1. The first kappa shape index (κ1) is 32.8. The number of hydrogen-bond donors (Lipinski definition) is 4. The molecule has 0 radical (unpaired) electrons. The van der Waals surface area contributed by atoms with Crippen LogP contribution < -0.4 is 21.3 Å². The van der Waals surface area contributed by atoms with Gasteiger partial charge in [-0.1, -0.05) is 58.0 Å². The minimum Gasteiger partial charge on any atom is -0.354 e. The van der Waals surface area contributed by atoms with Gasteiger partial charge in [0.2, 0.25) is 29.5 Å². The first-order chi connectivity index (χ1) is 19.0. The van der Waals surface area contributed by atoms with Crippen LogP contribution in [0.15, 0.2) is 30.3 Å². The van der Waals surface area contributed by atoms with E-state index in [1.165, 1.54) is 0 Å². The Morgan fingerprint density at radius 3 is 2.23 bits per heavy atom. The highest BCUT2D eigenvalue weighted by Crippen LogP contribution is 2.10.